The number of hydrogen-bond donors (Lipinski definition) is 1. The molecule has 1 N–H and O–H groups in total. The van der Waals surface area contributed by atoms with Crippen LogP contribution in [0.5, 0.6) is 0 Å². The van der Waals surface area contributed by atoms with Gasteiger partial charge in [0.25, 0.3) is 5.56 Å². The minimum Gasteiger partial charge on any atom is -0.342 e. The van der Waals surface area contributed by atoms with E-state index in [9.17, 15) is 9.59 Å². The zero-order valence-corrected chi connectivity index (χ0v) is 18.6. The van der Waals surface area contributed by atoms with Crippen molar-refractivity contribution in [1.82, 2.24) is 29.9 Å². The van der Waals surface area contributed by atoms with Crippen molar-refractivity contribution >= 4 is 17.1 Å². The lowest BCUT2D eigenvalue weighted by molar-refractivity contribution is -0.137. The molecule has 1 amide bonds. The van der Waals surface area contributed by atoms with E-state index in [1.807, 2.05) is 17.0 Å². The molecule has 32 heavy (non-hydrogen) atoms. The van der Waals surface area contributed by atoms with Gasteiger partial charge in [0.05, 0.1) is 6.54 Å². The number of carbonyl (C=O) groups is 1. The summed E-state index contributed by atoms with van der Waals surface area (Å²) in [4.78, 5) is 35.5. The molecule has 0 spiro atoms. The number of nitrogens with zero attached hydrogens (tertiary/aromatic N) is 5. The highest BCUT2D eigenvalue weighted by Crippen LogP contribution is 2.30. The Hall–Kier alpha value is -3.03. The lowest BCUT2D eigenvalue weighted by atomic mass is 9.87. The molecule has 2 aromatic heterocycles. The van der Waals surface area contributed by atoms with Gasteiger partial charge in [0.15, 0.2) is 11.2 Å². The molecule has 1 aliphatic heterocycles. The average molecular weight is 435 g/mol. The molecule has 0 unspecified atom stereocenters. The molecule has 8 nitrogen and oxygen atoms in total. The van der Waals surface area contributed by atoms with Crippen LogP contribution in [0.25, 0.3) is 11.2 Å². The molecule has 2 aliphatic rings. The lowest BCUT2D eigenvalue weighted by Gasteiger charge is -2.35. The minimum absolute atomic E-state index is 0.0242. The van der Waals surface area contributed by atoms with Gasteiger partial charge in [-0.1, -0.05) is 54.3 Å². The Morgan fingerprint density at radius 2 is 1.88 bits per heavy atom. The molecule has 168 valence electrons. The first-order chi connectivity index (χ1) is 15.6. The normalized spacial score (nSPS) is 20.0. The van der Waals surface area contributed by atoms with Gasteiger partial charge < -0.3 is 9.88 Å². The Morgan fingerprint density at radius 3 is 2.66 bits per heavy atom. The van der Waals surface area contributed by atoms with E-state index in [1.54, 1.807) is 4.68 Å². The van der Waals surface area contributed by atoms with Gasteiger partial charge in [-0.15, -0.1) is 5.10 Å². The Balaban J connectivity index is 1.39. The van der Waals surface area contributed by atoms with E-state index in [0.29, 0.717) is 24.6 Å². The quantitative estimate of drug-likeness (QED) is 0.680. The highest BCUT2D eigenvalue weighted by atomic mass is 16.2. The number of nitrogens with one attached hydrogen (secondary N) is 1. The van der Waals surface area contributed by atoms with Gasteiger partial charge in [-0.3, -0.25) is 9.59 Å². The van der Waals surface area contributed by atoms with E-state index in [1.165, 1.54) is 12.0 Å². The topological polar surface area (TPSA) is 96.8 Å². The maximum Gasteiger partial charge on any atom is 0.281 e. The summed E-state index contributed by atoms with van der Waals surface area (Å²) in [7, 11) is 0. The van der Waals surface area contributed by atoms with E-state index in [-0.39, 0.29) is 28.8 Å². The van der Waals surface area contributed by atoms with Gasteiger partial charge in [-0.05, 0) is 38.2 Å². The van der Waals surface area contributed by atoms with Crippen molar-refractivity contribution in [3.63, 3.8) is 0 Å². The molecule has 3 aromatic rings. The van der Waals surface area contributed by atoms with Crippen molar-refractivity contribution in [2.45, 2.75) is 64.3 Å². The van der Waals surface area contributed by atoms with Crippen LogP contribution in [0.3, 0.4) is 0 Å². The Morgan fingerprint density at radius 1 is 1.09 bits per heavy atom. The summed E-state index contributed by atoms with van der Waals surface area (Å²) in [6.07, 6.45) is 7.38. The van der Waals surface area contributed by atoms with E-state index < -0.39 is 0 Å². The first-order valence-electron chi connectivity index (χ1n) is 11.8. The third-order valence-electron chi connectivity index (χ3n) is 6.92. The van der Waals surface area contributed by atoms with Gasteiger partial charge in [-0.2, -0.15) is 0 Å². The number of hydrogen-bond acceptors (Lipinski definition) is 5. The fourth-order valence-electron chi connectivity index (χ4n) is 5.06. The summed E-state index contributed by atoms with van der Waals surface area (Å²) >= 11 is 0. The molecule has 1 saturated carbocycles. The SMILES string of the molecule is Cc1ccc(Cn2nnc3c(=O)[nH]c([C@@H]4CCCN(C(=O)C5CCCCC5)C4)nc32)cc1. The number of likely N-dealkylation sites (tertiary alicyclic amines) is 1. The van der Waals surface area contributed by atoms with Crippen molar-refractivity contribution in [2.24, 2.45) is 5.92 Å². The number of aromatic nitrogens is 5. The predicted molar refractivity (Wildman–Crippen MR) is 121 cm³/mol. The maximum atomic E-state index is 13.1. The zero-order valence-electron chi connectivity index (χ0n) is 18.6. The Kier molecular flexibility index (Phi) is 5.76. The third kappa shape index (κ3) is 4.18. The van der Waals surface area contributed by atoms with Crippen LogP contribution in [-0.4, -0.2) is 48.9 Å². The van der Waals surface area contributed by atoms with Crippen molar-refractivity contribution < 1.29 is 4.79 Å². The molecule has 2 fully saturated rings. The maximum absolute atomic E-state index is 13.1. The van der Waals surface area contributed by atoms with Crippen LogP contribution in [0.15, 0.2) is 29.1 Å². The number of H-pyrrole nitrogens is 1. The monoisotopic (exact) mass is 434 g/mol. The molecule has 0 radical (unpaired) electrons. The van der Waals surface area contributed by atoms with Crippen LogP contribution in [0.1, 0.15) is 67.8 Å². The molecule has 1 atom stereocenters. The second kappa shape index (κ2) is 8.84. The number of carbonyl (C=O) groups excluding carboxylic acids is 1. The molecular weight excluding hydrogens is 404 g/mol. The molecule has 1 aliphatic carbocycles. The van der Waals surface area contributed by atoms with Gasteiger partial charge in [0.2, 0.25) is 5.91 Å². The summed E-state index contributed by atoms with van der Waals surface area (Å²) in [6, 6.07) is 8.21. The molecule has 1 aromatic carbocycles. The van der Waals surface area contributed by atoms with Crippen molar-refractivity contribution in [1.29, 1.82) is 0 Å². The van der Waals surface area contributed by atoms with E-state index in [4.69, 9.17) is 4.98 Å². The Bertz CT molecular complexity index is 1160. The third-order valence-corrected chi connectivity index (χ3v) is 6.92. The highest BCUT2D eigenvalue weighted by Gasteiger charge is 2.31. The highest BCUT2D eigenvalue weighted by molar-refractivity contribution is 5.79. The number of amides is 1. The number of piperidine rings is 1. The second-order valence-corrected chi connectivity index (χ2v) is 9.31. The fraction of sp³-hybridized carbons (Fsp3) is 0.542. The summed E-state index contributed by atoms with van der Waals surface area (Å²) in [5.74, 6) is 1.10. The van der Waals surface area contributed by atoms with Crippen molar-refractivity contribution in [3.05, 3.63) is 51.6 Å². The second-order valence-electron chi connectivity index (χ2n) is 9.31. The average Bonchev–Trinajstić information content (AvgIpc) is 3.24. The lowest BCUT2D eigenvalue weighted by Crippen LogP contribution is -2.43. The standard InChI is InChI=1S/C24H30N6O2/c1-16-9-11-17(12-10-16)14-30-22-20(27-28-30)23(31)26-21(25-22)19-8-5-13-29(15-19)24(32)18-6-3-2-4-7-18/h9-12,18-19H,2-8,13-15H2,1H3,(H,25,26,31)/t19-/m1/s1. The number of benzene rings is 1. The van der Waals surface area contributed by atoms with Gasteiger partial charge >= 0.3 is 0 Å². The van der Waals surface area contributed by atoms with Crippen molar-refractivity contribution in [3.8, 4) is 0 Å². The number of aryl methyl sites for hydroxylation is 1. The minimum atomic E-state index is -0.268. The largest absolute Gasteiger partial charge is 0.342 e. The predicted octanol–water partition coefficient (Wildman–Crippen LogP) is 3.16. The summed E-state index contributed by atoms with van der Waals surface area (Å²) in [5, 5.41) is 8.25. The molecule has 8 heteroatoms. The van der Waals surface area contributed by atoms with E-state index >= 15 is 0 Å². The first kappa shape index (κ1) is 20.8. The molecule has 1 saturated heterocycles. The van der Waals surface area contributed by atoms with Gasteiger partial charge in [0, 0.05) is 24.9 Å². The van der Waals surface area contributed by atoms with E-state index in [2.05, 4.69) is 34.4 Å². The van der Waals surface area contributed by atoms with E-state index in [0.717, 1.165) is 50.6 Å². The van der Waals surface area contributed by atoms with Crippen LogP contribution in [0.4, 0.5) is 0 Å². The summed E-state index contributed by atoms with van der Waals surface area (Å²) in [5.41, 5.74) is 2.76. The van der Waals surface area contributed by atoms with Crippen LogP contribution in [0, 0.1) is 12.8 Å². The number of aromatic amines is 1. The molecular formula is C24H30N6O2. The van der Waals surface area contributed by atoms with Crippen molar-refractivity contribution in [2.75, 3.05) is 13.1 Å². The molecule has 5 rings (SSSR count). The van der Waals surface area contributed by atoms with Gasteiger partial charge in [-0.25, -0.2) is 9.67 Å². The summed E-state index contributed by atoms with van der Waals surface area (Å²) < 4.78 is 1.69. The molecule has 0 bridgehead atoms. The van der Waals surface area contributed by atoms with Gasteiger partial charge in [0.1, 0.15) is 5.82 Å². The fourth-order valence-corrected chi connectivity index (χ4v) is 5.06. The van der Waals surface area contributed by atoms with Crippen LogP contribution in [0.2, 0.25) is 0 Å². The zero-order chi connectivity index (χ0) is 22.1. The van der Waals surface area contributed by atoms with Crippen LogP contribution in [-0.2, 0) is 11.3 Å². The Labute approximate surface area is 187 Å². The first-order valence-corrected chi connectivity index (χ1v) is 11.8. The number of rotatable bonds is 4. The van der Waals surface area contributed by atoms with Crippen LogP contribution >= 0.6 is 0 Å². The molecule has 3 heterocycles. The summed E-state index contributed by atoms with van der Waals surface area (Å²) in [6.45, 7) is 3.96. The van der Waals surface area contributed by atoms with Crippen LogP contribution < -0.4 is 5.56 Å². The number of fused-ring (bicyclic) bond motifs is 1. The smallest absolute Gasteiger partial charge is 0.281 e.